The van der Waals surface area contributed by atoms with Gasteiger partial charge in [0.15, 0.2) is 0 Å². The third-order valence-corrected chi connectivity index (χ3v) is 3.35. The molecule has 4 nitrogen and oxygen atoms in total. The van der Waals surface area contributed by atoms with Crippen molar-refractivity contribution in [3.8, 4) is 0 Å². The van der Waals surface area contributed by atoms with Gasteiger partial charge in [-0.05, 0) is 18.2 Å². The Morgan fingerprint density at radius 2 is 2.10 bits per heavy atom. The second-order valence-corrected chi connectivity index (χ2v) is 5.10. The van der Waals surface area contributed by atoms with Crippen molar-refractivity contribution in [2.75, 3.05) is 24.2 Å². The van der Waals surface area contributed by atoms with Crippen LogP contribution in [0.1, 0.15) is 0 Å². The zero-order valence-corrected chi connectivity index (χ0v) is 11.7. The van der Waals surface area contributed by atoms with Gasteiger partial charge in [-0.2, -0.15) is 13.2 Å². The summed E-state index contributed by atoms with van der Waals surface area (Å²) >= 11 is 6.30. The zero-order valence-electron chi connectivity index (χ0n) is 10.1. The van der Waals surface area contributed by atoms with Crippen LogP contribution in [0.15, 0.2) is 23.1 Å². The summed E-state index contributed by atoms with van der Waals surface area (Å²) in [6, 6.07) is 3.58. The van der Waals surface area contributed by atoms with Gasteiger partial charge in [0.2, 0.25) is 0 Å². The summed E-state index contributed by atoms with van der Waals surface area (Å²) in [5.74, 6) is -1.07. The van der Waals surface area contributed by atoms with E-state index < -0.39 is 18.0 Å². The minimum absolute atomic E-state index is 0.0391. The summed E-state index contributed by atoms with van der Waals surface area (Å²) in [7, 11) is 0. The Kier molecular flexibility index (Phi) is 6.44. The summed E-state index contributed by atoms with van der Waals surface area (Å²) in [6.07, 6.45) is -4.30. The van der Waals surface area contributed by atoms with Gasteiger partial charge in [0.25, 0.3) is 0 Å². The third-order valence-electron chi connectivity index (χ3n) is 1.98. The summed E-state index contributed by atoms with van der Waals surface area (Å²) in [6.45, 7) is -0.198. The van der Waals surface area contributed by atoms with Crippen LogP contribution in [-0.2, 0) is 0 Å². The van der Waals surface area contributed by atoms with E-state index in [1.807, 2.05) is 0 Å². The molecule has 9 heteroatoms. The Morgan fingerprint density at radius 1 is 1.40 bits per heavy atom. The number of carbonyl (C=O) groups is 1. The summed E-state index contributed by atoms with van der Waals surface area (Å²) in [5.41, 5.74) is 0.183. The quantitative estimate of drug-likeness (QED) is 0.728. The third kappa shape index (κ3) is 6.36. The molecule has 20 heavy (non-hydrogen) atoms. The molecule has 0 aliphatic rings. The lowest BCUT2D eigenvalue weighted by Crippen LogP contribution is -2.31. The number of benzene rings is 1. The highest BCUT2D eigenvalue weighted by Gasteiger charge is 2.27. The smallest absolute Gasteiger partial charge is 0.395 e. The van der Waals surface area contributed by atoms with Gasteiger partial charge >= 0.3 is 12.2 Å². The Labute approximate surface area is 122 Å². The number of aliphatic hydroxyl groups is 1. The van der Waals surface area contributed by atoms with E-state index in [2.05, 4.69) is 10.6 Å². The van der Waals surface area contributed by atoms with Gasteiger partial charge in [-0.25, -0.2) is 4.79 Å². The van der Waals surface area contributed by atoms with Crippen LogP contribution in [0.2, 0.25) is 5.02 Å². The number of hydrogen-bond donors (Lipinski definition) is 3. The Bertz CT molecular complexity index is 471. The molecule has 0 aliphatic carbocycles. The van der Waals surface area contributed by atoms with Gasteiger partial charge in [0, 0.05) is 16.5 Å². The molecule has 0 radical (unpaired) electrons. The fraction of sp³-hybridized carbons (Fsp3) is 0.364. The van der Waals surface area contributed by atoms with Crippen molar-refractivity contribution in [3.05, 3.63) is 23.2 Å². The first-order valence-electron chi connectivity index (χ1n) is 5.46. The normalized spacial score (nSPS) is 11.2. The number of carbonyl (C=O) groups excluding carboxylic acids is 1. The maximum atomic E-state index is 12.2. The van der Waals surface area contributed by atoms with Crippen molar-refractivity contribution in [2.24, 2.45) is 0 Å². The maximum Gasteiger partial charge on any atom is 0.398 e. The summed E-state index contributed by atoms with van der Waals surface area (Å²) in [4.78, 5) is 11.7. The molecule has 0 aliphatic heterocycles. The highest BCUT2D eigenvalue weighted by atomic mass is 35.5. The van der Waals surface area contributed by atoms with Crippen LogP contribution in [0.3, 0.4) is 0 Å². The molecule has 0 heterocycles. The first-order valence-corrected chi connectivity index (χ1v) is 6.83. The van der Waals surface area contributed by atoms with Crippen LogP contribution in [0.25, 0.3) is 0 Å². The number of rotatable bonds is 5. The Morgan fingerprint density at radius 3 is 2.70 bits per heavy atom. The highest BCUT2D eigenvalue weighted by Crippen LogP contribution is 2.33. The number of alkyl halides is 3. The fourth-order valence-electron chi connectivity index (χ4n) is 1.22. The number of aliphatic hydroxyl groups excluding tert-OH is 1. The van der Waals surface area contributed by atoms with Crippen LogP contribution in [0.5, 0.6) is 0 Å². The zero-order chi connectivity index (χ0) is 15.2. The van der Waals surface area contributed by atoms with Gasteiger partial charge < -0.3 is 15.7 Å². The van der Waals surface area contributed by atoms with Crippen LogP contribution >= 0.6 is 23.4 Å². The number of hydrogen-bond acceptors (Lipinski definition) is 3. The van der Waals surface area contributed by atoms with Crippen LogP contribution in [-0.4, -0.2) is 36.2 Å². The van der Waals surface area contributed by atoms with Crippen molar-refractivity contribution in [1.29, 1.82) is 0 Å². The molecule has 3 N–H and O–H groups in total. The summed E-state index contributed by atoms with van der Waals surface area (Å²) < 4.78 is 36.6. The van der Waals surface area contributed by atoms with Crippen molar-refractivity contribution in [2.45, 2.75) is 11.1 Å². The monoisotopic (exact) mass is 328 g/mol. The maximum absolute atomic E-state index is 12.2. The molecular formula is C11H12ClF3N2O2S. The molecule has 1 aromatic carbocycles. The van der Waals surface area contributed by atoms with E-state index in [9.17, 15) is 18.0 Å². The molecule has 2 amide bonds. The largest absolute Gasteiger partial charge is 0.398 e. The number of anilines is 1. The van der Waals surface area contributed by atoms with Gasteiger partial charge in [0.1, 0.15) is 0 Å². The predicted molar refractivity (Wildman–Crippen MR) is 72.3 cm³/mol. The minimum atomic E-state index is -4.30. The van der Waals surface area contributed by atoms with E-state index in [1.54, 1.807) is 0 Å². The van der Waals surface area contributed by atoms with Crippen LogP contribution < -0.4 is 10.6 Å². The summed E-state index contributed by atoms with van der Waals surface area (Å²) in [5, 5.41) is 13.6. The molecule has 0 atom stereocenters. The van der Waals surface area contributed by atoms with Crippen molar-refractivity contribution in [3.63, 3.8) is 0 Å². The number of thioether (sulfide) groups is 1. The SMILES string of the molecule is O=C(NCCO)Nc1cc(Cl)ccc1SCC(F)(F)F. The lowest BCUT2D eigenvalue weighted by Gasteiger charge is -2.12. The number of urea groups is 1. The number of halogens is 4. The Hall–Kier alpha value is -1.12. The van der Waals surface area contributed by atoms with Crippen LogP contribution in [0.4, 0.5) is 23.7 Å². The molecule has 0 spiro atoms. The molecular weight excluding hydrogens is 317 g/mol. The van der Waals surface area contributed by atoms with Crippen LogP contribution in [0, 0.1) is 0 Å². The molecule has 0 saturated heterocycles. The lowest BCUT2D eigenvalue weighted by molar-refractivity contribution is -0.105. The van der Waals surface area contributed by atoms with E-state index >= 15 is 0 Å². The number of amides is 2. The lowest BCUT2D eigenvalue weighted by atomic mass is 10.3. The Balaban J connectivity index is 2.77. The molecule has 0 bridgehead atoms. The van der Waals surface area contributed by atoms with E-state index in [0.29, 0.717) is 16.8 Å². The molecule has 0 saturated carbocycles. The van der Waals surface area contributed by atoms with E-state index in [0.717, 1.165) is 0 Å². The van der Waals surface area contributed by atoms with Crippen molar-refractivity contribution < 1.29 is 23.1 Å². The second-order valence-electron chi connectivity index (χ2n) is 3.65. The van der Waals surface area contributed by atoms with Gasteiger partial charge in [-0.3, -0.25) is 0 Å². The molecule has 0 fully saturated rings. The van der Waals surface area contributed by atoms with E-state index in [1.165, 1.54) is 18.2 Å². The molecule has 1 aromatic rings. The van der Waals surface area contributed by atoms with Gasteiger partial charge in [-0.1, -0.05) is 11.6 Å². The standard InChI is InChI=1S/C11H12ClF3N2O2S/c12-7-1-2-9(20-6-11(13,14)15)8(5-7)17-10(19)16-3-4-18/h1-2,5,18H,3-4,6H2,(H2,16,17,19). The van der Waals surface area contributed by atoms with Gasteiger partial charge in [-0.15, -0.1) is 11.8 Å². The van der Waals surface area contributed by atoms with E-state index in [4.69, 9.17) is 16.7 Å². The first kappa shape index (κ1) is 16.9. The predicted octanol–water partition coefficient (Wildman–Crippen LogP) is 3.11. The second kappa shape index (κ2) is 7.61. The first-order chi connectivity index (χ1) is 9.31. The molecule has 112 valence electrons. The average Bonchev–Trinajstić information content (AvgIpc) is 2.34. The van der Waals surface area contributed by atoms with Gasteiger partial charge in [0.05, 0.1) is 18.0 Å². The molecule has 1 rings (SSSR count). The molecule has 0 aromatic heterocycles. The molecule has 0 unspecified atom stereocenters. The average molecular weight is 329 g/mol. The topological polar surface area (TPSA) is 61.4 Å². The number of nitrogens with one attached hydrogen (secondary N) is 2. The fourth-order valence-corrected chi connectivity index (χ4v) is 2.14. The van der Waals surface area contributed by atoms with E-state index in [-0.39, 0.29) is 23.7 Å². The minimum Gasteiger partial charge on any atom is -0.395 e. The highest BCUT2D eigenvalue weighted by molar-refractivity contribution is 7.99. The van der Waals surface area contributed by atoms with Crippen molar-refractivity contribution in [1.82, 2.24) is 5.32 Å². The van der Waals surface area contributed by atoms with Crippen molar-refractivity contribution >= 4 is 35.1 Å².